The smallest absolute Gasteiger partial charge is 0.368 e. The molecular formula is C19H27N7O3. The van der Waals surface area contributed by atoms with Gasteiger partial charge in [-0.25, -0.2) is 4.79 Å². The lowest BCUT2D eigenvalue weighted by atomic mass is 10.1. The number of oxime groups is 1. The van der Waals surface area contributed by atoms with E-state index in [1.807, 2.05) is 32.9 Å². The van der Waals surface area contributed by atoms with Crippen molar-refractivity contribution in [2.24, 2.45) is 22.4 Å². The lowest BCUT2D eigenvalue weighted by Crippen LogP contribution is -2.23. The van der Waals surface area contributed by atoms with Crippen LogP contribution in [0.3, 0.4) is 0 Å². The van der Waals surface area contributed by atoms with Crippen molar-refractivity contribution in [3.63, 3.8) is 0 Å². The van der Waals surface area contributed by atoms with Crippen LogP contribution in [0.2, 0.25) is 0 Å². The molecule has 0 aliphatic rings. The van der Waals surface area contributed by atoms with Crippen LogP contribution in [0.5, 0.6) is 0 Å². The molecule has 0 amide bonds. The van der Waals surface area contributed by atoms with Gasteiger partial charge in [-0.15, -0.1) is 5.10 Å². The summed E-state index contributed by atoms with van der Waals surface area (Å²) in [5.41, 5.74) is 3.37. The molecule has 1 aromatic heterocycles. The minimum absolute atomic E-state index is 0.221. The van der Waals surface area contributed by atoms with E-state index in [0.29, 0.717) is 36.0 Å². The van der Waals surface area contributed by atoms with Crippen molar-refractivity contribution in [1.82, 2.24) is 19.8 Å². The second-order valence-corrected chi connectivity index (χ2v) is 6.29. The zero-order valence-corrected chi connectivity index (χ0v) is 17.7. The number of nitrogens with zero attached hydrogens (tertiary/aromatic N) is 7. The Morgan fingerprint density at radius 1 is 1.14 bits per heavy atom. The first-order chi connectivity index (χ1) is 13.9. The van der Waals surface area contributed by atoms with Gasteiger partial charge in [0.2, 0.25) is 5.90 Å². The fourth-order valence-corrected chi connectivity index (χ4v) is 2.33. The van der Waals surface area contributed by atoms with Crippen LogP contribution in [-0.4, -0.2) is 43.7 Å². The maximum Gasteiger partial charge on any atom is 0.368 e. The van der Waals surface area contributed by atoms with E-state index >= 15 is 0 Å². The number of aryl methyl sites for hydroxylation is 2. The lowest BCUT2D eigenvalue weighted by Gasteiger charge is -2.13. The topological polar surface area (TPSA) is 108 Å². The molecule has 0 aliphatic carbocycles. The molecule has 1 heterocycles. The van der Waals surface area contributed by atoms with E-state index in [1.165, 1.54) is 9.36 Å². The van der Waals surface area contributed by atoms with Crippen LogP contribution in [0.1, 0.15) is 45.2 Å². The Kier molecular flexibility index (Phi) is 7.81. The Balaban J connectivity index is 2.24. The third-order valence-corrected chi connectivity index (χ3v) is 4.19. The molecule has 0 bridgehead atoms. The fraction of sp³-hybridized carbons (Fsp3) is 0.474. The highest BCUT2D eigenvalue weighted by Gasteiger charge is 2.14. The molecule has 0 atom stereocenters. The lowest BCUT2D eigenvalue weighted by molar-refractivity contribution is 0.159. The van der Waals surface area contributed by atoms with Crippen LogP contribution in [-0.2, 0) is 23.2 Å². The van der Waals surface area contributed by atoms with Crippen molar-refractivity contribution in [2.75, 3.05) is 6.61 Å². The number of ether oxygens (including phenoxy) is 1. The van der Waals surface area contributed by atoms with Gasteiger partial charge in [0.25, 0.3) is 0 Å². The van der Waals surface area contributed by atoms with Gasteiger partial charge in [-0.05, 0) is 49.8 Å². The standard InChI is InChI=1S/C19H27N7O3/c1-7-18(21-20-14(4)15(5)22-29-8-2)28-12-16-13(3)10-9-11-17(16)26-19(27)25(6)23-24-26/h9-11H,7-8,12H2,1-6H3. The molecule has 0 aliphatic heterocycles. The van der Waals surface area contributed by atoms with E-state index < -0.39 is 0 Å². The van der Waals surface area contributed by atoms with Crippen molar-refractivity contribution in [3.05, 3.63) is 39.8 Å². The highest BCUT2D eigenvalue weighted by atomic mass is 16.6. The second-order valence-electron chi connectivity index (χ2n) is 6.29. The van der Waals surface area contributed by atoms with Gasteiger partial charge in [0.05, 0.1) is 17.1 Å². The van der Waals surface area contributed by atoms with Crippen LogP contribution in [0.25, 0.3) is 5.69 Å². The summed E-state index contributed by atoms with van der Waals surface area (Å²) in [6, 6.07) is 5.61. The van der Waals surface area contributed by atoms with E-state index in [4.69, 9.17) is 9.57 Å². The minimum atomic E-state index is -0.328. The van der Waals surface area contributed by atoms with Crippen LogP contribution in [0.4, 0.5) is 0 Å². The normalized spacial score (nSPS) is 13.0. The zero-order valence-electron chi connectivity index (χ0n) is 17.7. The van der Waals surface area contributed by atoms with Gasteiger partial charge in [0.15, 0.2) is 0 Å². The first-order valence-electron chi connectivity index (χ1n) is 9.37. The molecule has 0 saturated carbocycles. The van der Waals surface area contributed by atoms with Crippen molar-refractivity contribution < 1.29 is 9.57 Å². The van der Waals surface area contributed by atoms with E-state index in [2.05, 4.69) is 25.8 Å². The number of tetrazole rings is 1. The maximum atomic E-state index is 12.2. The SMILES string of the molecule is CCON=C(C)C(C)=NN=C(CC)OCc1c(C)cccc1-n1nnn(C)c1=O. The molecular weight excluding hydrogens is 374 g/mol. The average Bonchev–Trinajstić information content (AvgIpc) is 3.05. The van der Waals surface area contributed by atoms with E-state index in [0.717, 1.165) is 11.1 Å². The number of rotatable bonds is 8. The molecule has 0 radical (unpaired) electrons. The summed E-state index contributed by atoms with van der Waals surface area (Å²) in [4.78, 5) is 17.3. The zero-order chi connectivity index (χ0) is 21.4. The monoisotopic (exact) mass is 401 g/mol. The maximum absolute atomic E-state index is 12.2. The van der Waals surface area contributed by atoms with Gasteiger partial charge in [0.1, 0.15) is 13.2 Å². The van der Waals surface area contributed by atoms with Gasteiger partial charge in [-0.1, -0.05) is 24.2 Å². The minimum Gasteiger partial charge on any atom is -0.475 e. The average molecular weight is 401 g/mol. The number of hydrogen-bond donors (Lipinski definition) is 0. The van der Waals surface area contributed by atoms with Crippen molar-refractivity contribution in [2.45, 2.75) is 47.6 Å². The summed E-state index contributed by atoms with van der Waals surface area (Å²) >= 11 is 0. The van der Waals surface area contributed by atoms with Gasteiger partial charge >= 0.3 is 5.69 Å². The summed E-state index contributed by atoms with van der Waals surface area (Å²) in [7, 11) is 1.55. The molecule has 2 rings (SSSR count). The first-order valence-corrected chi connectivity index (χ1v) is 9.37. The molecule has 0 unspecified atom stereocenters. The molecule has 10 nitrogen and oxygen atoms in total. The Hall–Kier alpha value is -3.30. The highest BCUT2D eigenvalue weighted by molar-refractivity contribution is 6.40. The van der Waals surface area contributed by atoms with Gasteiger partial charge in [-0.2, -0.15) is 14.5 Å². The third kappa shape index (κ3) is 5.59. The van der Waals surface area contributed by atoms with E-state index in [-0.39, 0.29) is 12.3 Å². The Labute approximate surface area is 169 Å². The van der Waals surface area contributed by atoms with Gasteiger partial charge < -0.3 is 9.57 Å². The predicted octanol–water partition coefficient (Wildman–Crippen LogP) is 2.39. The van der Waals surface area contributed by atoms with Crippen molar-refractivity contribution in [3.8, 4) is 5.69 Å². The molecule has 1 aromatic carbocycles. The van der Waals surface area contributed by atoms with Gasteiger partial charge in [-0.3, -0.25) is 0 Å². The van der Waals surface area contributed by atoms with Crippen LogP contribution in [0.15, 0.2) is 38.4 Å². The molecule has 0 fully saturated rings. The molecule has 0 N–H and O–H groups in total. The van der Waals surface area contributed by atoms with Crippen LogP contribution in [0, 0.1) is 6.92 Å². The summed E-state index contributed by atoms with van der Waals surface area (Å²) in [6.07, 6.45) is 0.560. The van der Waals surface area contributed by atoms with E-state index in [9.17, 15) is 4.79 Å². The van der Waals surface area contributed by atoms with E-state index in [1.54, 1.807) is 27.0 Å². The summed E-state index contributed by atoms with van der Waals surface area (Å²) in [5, 5.41) is 20.0. The Bertz CT molecular complexity index is 986. The second kappa shape index (κ2) is 10.3. The number of benzene rings is 1. The molecule has 2 aromatic rings. The molecule has 156 valence electrons. The molecule has 0 spiro atoms. The largest absolute Gasteiger partial charge is 0.475 e. The van der Waals surface area contributed by atoms with Gasteiger partial charge in [0, 0.05) is 19.0 Å². The summed E-state index contributed by atoms with van der Waals surface area (Å²) < 4.78 is 8.31. The number of aromatic nitrogens is 4. The Morgan fingerprint density at radius 2 is 1.90 bits per heavy atom. The Morgan fingerprint density at radius 3 is 2.52 bits per heavy atom. The fourth-order valence-electron chi connectivity index (χ4n) is 2.33. The van der Waals surface area contributed by atoms with Crippen molar-refractivity contribution in [1.29, 1.82) is 0 Å². The summed E-state index contributed by atoms with van der Waals surface area (Å²) in [5.74, 6) is 0.467. The van der Waals surface area contributed by atoms with Crippen LogP contribution >= 0.6 is 0 Å². The molecule has 10 heteroatoms. The number of hydrogen-bond acceptors (Lipinski definition) is 8. The summed E-state index contributed by atoms with van der Waals surface area (Å²) in [6.45, 7) is 10.0. The van der Waals surface area contributed by atoms with Crippen molar-refractivity contribution >= 4 is 17.3 Å². The molecule has 29 heavy (non-hydrogen) atoms. The quantitative estimate of drug-likeness (QED) is 0.383. The van der Waals surface area contributed by atoms with Crippen LogP contribution < -0.4 is 5.69 Å². The predicted molar refractivity (Wildman–Crippen MR) is 112 cm³/mol. The highest BCUT2D eigenvalue weighted by Crippen LogP contribution is 2.18. The third-order valence-electron chi connectivity index (χ3n) is 4.19. The first kappa shape index (κ1) is 22.0. The molecule has 0 saturated heterocycles.